The number of benzene rings is 1. The van der Waals surface area contributed by atoms with Crippen molar-refractivity contribution in [2.75, 3.05) is 6.54 Å². The van der Waals surface area contributed by atoms with E-state index in [1.807, 2.05) is 12.1 Å². The number of amides is 2. The number of nitriles is 2. The van der Waals surface area contributed by atoms with Crippen molar-refractivity contribution in [1.29, 1.82) is 10.5 Å². The summed E-state index contributed by atoms with van der Waals surface area (Å²) in [4.78, 5) is 25.2. The van der Waals surface area contributed by atoms with E-state index in [0.29, 0.717) is 17.5 Å². The largest absolute Gasteiger partial charge is 0.273 e. The zero-order valence-electron chi connectivity index (χ0n) is 10.2. The molecule has 5 nitrogen and oxygen atoms in total. The predicted octanol–water partition coefficient (Wildman–Crippen LogP) is 1.73. The van der Waals surface area contributed by atoms with Crippen LogP contribution in [0.5, 0.6) is 0 Å². The van der Waals surface area contributed by atoms with Crippen molar-refractivity contribution in [3.8, 4) is 12.1 Å². The maximum atomic E-state index is 12.1. The van der Waals surface area contributed by atoms with Crippen LogP contribution in [-0.4, -0.2) is 23.3 Å². The molecule has 1 atom stereocenters. The lowest BCUT2D eigenvalue weighted by molar-refractivity contribution is 0.0638. The van der Waals surface area contributed by atoms with Gasteiger partial charge in [0.05, 0.1) is 29.2 Å². The number of fused-ring (bicyclic) bond motifs is 1. The Morgan fingerprint density at radius 3 is 2.16 bits per heavy atom. The number of hydrogen-bond donors (Lipinski definition) is 0. The van der Waals surface area contributed by atoms with Crippen molar-refractivity contribution in [3.63, 3.8) is 0 Å². The Hall–Kier alpha value is -2.66. The smallest absolute Gasteiger partial charge is 0.261 e. The molecule has 1 heterocycles. The highest BCUT2D eigenvalue weighted by Crippen LogP contribution is 2.23. The second-order valence-electron chi connectivity index (χ2n) is 4.29. The van der Waals surface area contributed by atoms with Crippen LogP contribution in [0.15, 0.2) is 24.3 Å². The minimum atomic E-state index is -0.498. The minimum Gasteiger partial charge on any atom is -0.273 e. The molecule has 1 aromatic rings. The second kappa shape index (κ2) is 5.32. The monoisotopic (exact) mass is 253 g/mol. The summed E-state index contributed by atoms with van der Waals surface area (Å²) in [6.45, 7) is 0.0462. The lowest BCUT2D eigenvalue weighted by Crippen LogP contribution is -2.34. The molecule has 0 unspecified atom stereocenters. The molecule has 1 aromatic carbocycles. The van der Waals surface area contributed by atoms with Gasteiger partial charge >= 0.3 is 0 Å². The zero-order chi connectivity index (χ0) is 13.8. The summed E-state index contributed by atoms with van der Waals surface area (Å²) in [5, 5.41) is 17.5. The van der Waals surface area contributed by atoms with Gasteiger partial charge in [0, 0.05) is 13.0 Å². The van der Waals surface area contributed by atoms with Crippen LogP contribution in [0.3, 0.4) is 0 Å². The summed E-state index contributed by atoms with van der Waals surface area (Å²) in [7, 11) is 0. The normalized spacial score (nSPS) is 14.7. The topological polar surface area (TPSA) is 85.0 Å². The first-order valence-corrected chi connectivity index (χ1v) is 5.90. The summed E-state index contributed by atoms with van der Waals surface area (Å²) >= 11 is 0. The molecule has 0 saturated carbocycles. The average molecular weight is 253 g/mol. The lowest BCUT2D eigenvalue weighted by Gasteiger charge is -2.16. The number of imide groups is 1. The van der Waals surface area contributed by atoms with Gasteiger partial charge in [-0.05, 0) is 18.6 Å². The van der Waals surface area contributed by atoms with Crippen LogP contribution < -0.4 is 0 Å². The highest BCUT2D eigenvalue weighted by molar-refractivity contribution is 6.21. The number of rotatable bonds is 4. The molecule has 2 amide bonds. The minimum absolute atomic E-state index is 0.0462. The molecular formula is C14H11N3O2. The van der Waals surface area contributed by atoms with Crippen LogP contribution in [0.1, 0.15) is 33.6 Å². The molecule has 0 spiro atoms. The maximum absolute atomic E-state index is 12.1. The van der Waals surface area contributed by atoms with Crippen LogP contribution in [0.4, 0.5) is 0 Å². The van der Waals surface area contributed by atoms with E-state index in [9.17, 15) is 9.59 Å². The van der Waals surface area contributed by atoms with Gasteiger partial charge < -0.3 is 0 Å². The molecule has 1 aliphatic heterocycles. The van der Waals surface area contributed by atoms with Gasteiger partial charge in [0.25, 0.3) is 11.8 Å². The van der Waals surface area contributed by atoms with Gasteiger partial charge in [-0.2, -0.15) is 10.5 Å². The third kappa shape index (κ3) is 2.31. The van der Waals surface area contributed by atoms with E-state index in [4.69, 9.17) is 10.5 Å². The molecule has 0 fully saturated rings. The zero-order valence-corrected chi connectivity index (χ0v) is 10.2. The van der Waals surface area contributed by atoms with Gasteiger partial charge in [0.15, 0.2) is 0 Å². The fourth-order valence-electron chi connectivity index (χ4n) is 2.06. The summed E-state index contributed by atoms with van der Waals surface area (Å²) in [6.07, 6.45) is 0.599. The maximum Gasteiger partial charge on any atom is 0.261 e. The molecule has 0 N–H and O–H groups in total. The lowest BCUT2D eigenvalue weighted by atomic mass is 10.1. The van der Waals surface area contributed by atoms with Crippen LogP contribution in [0, 0.1) is 28.6 Å². The molecule has 0 bridgehead atoms. The first-order chi connectivity index (χ1) is 9.19. The Bertz CT molecular complexity index is 575. The van der Waals surface area contributed by atoms with Gasteiger partial charge in [-0.3, -0.25) is 14.5 Å². The highest BCUT2D eigenvalue weighted by atomic mass is 16.2. The Kier molecular flexibility index (Phi) is 3.58. The number of carbonyl (C=O) groups excluding carboxylic acids is 2. The number of nitrogens with zero attached hydrogens (tertiary/aromatic N) is 3. The number of carbonyl (C=O) groups is 2. The SMILES string of the molecule is N#CCC[C@H](C#N)CN1C(=O)c2ccccc2C1=O. The van der Waals surface area contributed by atoms with E-state index < -0.39 is 5.92 Å². The van der Waals surface area contributed by atoms with Crippen LogP contribution >= 0.6 is 0 Å². The van der Waals surface area contributed by atoms with E-state index >= 15 is 0 Å². The van der Waals surface area contributed by atoms with E-state index in [2.05, 4.69) is 0 Å². The summed E-state index contributed by atoms with van der Waals surface area (Å²) in [5.74, 6) is -1.22. The Labute approximate surface area is 110 Å². The molecule has 0 saturated heterocycles. The third-order valence-corrected chi connectivity index (χ3v) is 3.07. The molecule has 1 aliphatic rings. The van der Waals surface area contributed by atoms with E-state index in [1.54, 1.807) is 24.3 Å². The first kappa shape index (κ1) is 12.8. The summed E-state index contributed by atoms with van der Waals surface area (Å²) < 4.78 is 0. The van der Waals surface area contributed by atoms with Crippen molar-refractivity contribution in [2.24, 2.45) is 5.92 Å². The van der Waals surface area contributed by atoms with Gasteiger partial charge in [0.1, 0.15) is 0 Å². The van der Waals surface area contributed by atoms with Gasteiger partial charge in [-0.15, -0.1) is 0 Å². The quantitative estimate of drug-likeness (QED) is 0.765. The van der Waals surface area contributed by atoms with Crippen LogP contribution in [0.25, 0.3) is 0 Å². The summed E-state index contributed by atoms with van der Waals surface area (Å²) in [6, 6.07) is 10.6. The van der Waals surface area contributed by atoms with Crippen LogP contribution in [-0.2, 0) is 0 Å². The van der Waals surface area contributed by atoms with Crippen molar-refractivity contribution in [3.05, 3.63) is 35.4 Å². The van der Waals surface area contributed by atoms with E-state index in [0.717, 1.165) is 4.90 Å². The Morgan fingerprint density at radius 2 is 1.68 bits per heavy atom. The molecule has 0 aliphatic carbocycles. The van der Waals surface area contributed by atoms with Crippen LogP contribution in [0.2, 0.25) is 0 Å². The Morgan fingerprint density at radius 1 is 1.11 bits per heavy atom. The highest BCUT2D eigenvalue weighted by Gasteiger charge is 2.36. The summed E-state index contributed by atoms with van der Waals surface area (Å²) in [5.41, 5.74) is 0.758. The number of hydrogen-bond acceptors (Lipinski definition) is 4. The Balaban J connectivity index is 2.16. The van der Waals surface area contributed by atoms with E-state index in [-0.39, 0.29) is 24.8 Å². The van der Waals surface area contributed by atoms with Crippen molar-refractivity contribution in [2.45, 2.75) is 12.8 Å². The molecule has 94 valence electrons. The fraction of sp³-hybridized carbons (Fsp3) is 0.286. The molecule has 0 aromatic heterocycles. The molecule has 5 heteroatoms. The van der Waals surface area contributed by atoms with E-state index in [1.165, 1.54) is 0 Å². The van der Waals surface area contributed by atoms with Gasteiger partial charge in [-0.25, -0.2) is 0 Å². The van der Waals surface area contributed by atoms with Crippen molar-refractivity contribution >= 4 is 11.8 Å². The predicted molar refractivity (Wildman–Crippen MR) is 65.8 cm³/mol. The second-order valence-corrected chi connectivity index (χ2v) is 4.29. The molecule has 2 rings (SSSR count). The van der Waals surface area contributed by atoms with Gasteiger partial charge in [0.2, 0.25) is 0 Å². The van der Waals surface area contributed by atoms with Crippen molar-refractivity contribution < 1.29 is 9.59 Å². The standard InChI is InChI=1S/C14H11N3O2/c15-7-3-4-10(8-16)9-17-13(18)11-5-1-2-6-12(11)14(17)19/h1-2,5-6,10H,3-4,9H2/t10-/m1/s1. The molecule has 19 heavy (non-hydrogen) atoms. The molecular weight excluding hydrogens is 242 g/mol. The van der Waals surface area contributed by atoms with Gasteiger partial charge in [-0.1, -0.05) is 12.1 Å². The van der Waals surface area contributed by atoms with Crippen molar-refractivity contribution in [1.82, 2.24) is 4.90 Å². The fourth-order valence-corrected chi connectivity index (χ4v) is 2.06. The first-order valence-electron chi connectivity index (χ1n) is 5.90. The average Bonchev–Trinajstić information content (AvgIpc) is 2.68. The third-order valence-electron chi connectivity index (χ3n) is 3.07. The molecule has 0 radical (unpaired) electrons.